The molecule has 0 aromatic carbocycles. The molecule has 102 valence electrons. The monoisotopic (exact) mass is 255 g/mol. The molecule has 6 heteroatoms. The summed E-state index contributed by atoms with van der Waals surface area (Å²) in [5.41, 5.74) is 0. The Labute approximate surface area is 107 Å². The van der Waals surface area contributed by atoms with Gasteiger partial charge in [-0.1, -0.05) is 12.1 Å². The van der Waals surface area contributed by atoms with Gasteiger partial charge in [-0.3, -0.25) is 4.79 Å². The van der Waals surface area contributed by atoms with Crippen molar-refractivity contribution in [2.45, 2.75) is 45.4 Å². The molecule has 0 fully saturated rings. The maximum Gasteiger partial charge on any atom is 0.226 e. The molecule has 6 nitrogen and oxygen atoms in total. The third-order valence-corrected chi connectivity index (χ3v) is 2.44. The highest BCUT2D eigenvalue weighted by atomic mass is 16.5. The number of aliphatic hydroxyl groups is 1. The zero-order chi connectivity index (χ0) is 13.2. The van der Waals surface area contributed by atoms with Crippen molar-refractivity contribution in [3.63, 3.8) is 0 Å². The maximum atomic E-state index is 11.4. The minimum atomic E-state index is -0.00301. The van der Waals surface area contributed by atoms with E-state index in [1.165, 1.54) is 0 Å². The molecule has 1 aromatic heterocycles. The van der Waals surface area contributed by atoms with Crippen molar-refractivity contribution in [2.75, 3.05) is 13.2 Å². The Kier molecular flexibility index (Phi) is 7.01. The van der Waals surface area contributed by atoms with Crippen molar-refractivity contribution >= 4 is 5.91 Å². The summed E-state index contributed by atoms with van der Waals surface area (Å²) in [6.07, 6.45) is 4.17. The van der Waals surface area contributed by atoms with E-state index in [9.17, 15) is 4.79 Å². The van der Waals surface area contributed by atoms with Crippen LogP contribution < -0.4 is 5.32 Å². The Hall–Kier alpha value is -1.43. The summed E-state index contributed by atoms with van der Waals surface area (Å²) in [6, 6.07) is 0. The highest BCUT2D eigenvalue weighted by Gasteiger charge is 2.06. The largest absolute Gasteiger partial charge is 0.396 e. The van der Waals surface area contributed by atoms with Crippen LogP contribution in [0.2, 0.25) is 0 Å². The molecular formula is C12H21N3O3. The Bertz CT molecular complexity index is 352. The van der Waals surface area contributed by atoms with Crippen LogP contribution in [0.4, 0.5) is 0 Å². The van der Waals surface area contributed by atoms with Crippen molar-refractivity contribution in [3.05, 3.63) is 11.7 Å². The molecular weight excluding hydrogens is 234 g/mol. The number of amides is 1. The van der Waals surface area contributed by atoms with E-state index in [-0.39, 0.29) is 12.5 Å². The topological polar surface area (TPSA) is 88.2 Å². The second kappa shape index (κ2) is 8.63. The summed E-state index contributed by atoms with van der Waals surface area (Å²) in [4.78, 5) is 15.6. The first-order chi connectivity index (χ1) is 8.76. The summed E-state index contributed by atoms with van der Waals surface area (Å²) in [7, 11) is 0. The lowest BCUT2D eigenvalue weighted by molar-refractivity contribution is -0.121. The summed E-state index contributed by atoms with van der Waals surface area (Å²) in [5, 5.41) is 15.2. The van der Waals surface area contributed by atoms with Crippen LogP contribution in [-0.2, 0) is 17.6 Å². The number of rotatable bonds is 9. The predicted octanol–water partition coefficient (Wildman–Crippen LogP) is 0.843. The molecule has 1 aromatic rings. The van der Waals surface area contributed by atoms with Crippen LogP contribution in [0, 0.1) is 0 Å². The summed E-state index contributed by atoms with van der Waals surface area (Å²) in [6.45, 7) is 2.69. The van der Waals surface area contributed by atoms with Crippen molar-refractivity contribution in [3.8, 4) is 0 Å². The average Bonchev–Trinajstić information content (AvgIpc) is 2.78. The second-order valence-corrected chi connectivity index (χ2v) is 4.14. The Morgan fingerprint density at radius 3 is 2.94 bits per heavy atom. The van der Waals surface area contributed by atoms with Crippen molar-refractivity contribution in [1.29, 1.82) is 0 Å². The molecule has 0 radical (unpaired) electrons. The molecule has 0 aliphatic carbocycles. The quantitative estimate of drug-likeness (QED) is 0.638. The van der Waals surface area contributed by atoms with Crippen molar-refractivity contribution in [1.82, 2.24) is 15.5 Å². The Morgan fingerprint density at radius 1 is 1.39 bits per heavy atom. The SMILES string of the molecule is CCCc1noc(CCCC(=O)NCCCO)n1. The summed E-state index contributed by atoms with van der Waals surface area (Å²) >= 11 is 0. The Balaban J connectivity index is 2.14. The van der Waals surface area contributed by atoms with E-state index >= 15 is 0 Å². The number of carbonyl (C=O) groups excluding carboxylic acids is 1. The number of aryl methyl sites for hydroxylation is 2. The zero-order valence-electron chi connectivity index (χ0n) is 10.8. The van der Waals surface area contributed by atoms with Gasteiger partial charge in [0.1, 0.15) is 0 Å². The van der Waals surface area contributed by atoms with Crippen molar-refractivity contribution < 1.29 is 14.4 Å². The van der Waals surface area contributed by atoms with E-state index in [0.717, 1.165) is 18.7 Å². The molecule has 1 rings (SSSR count). The lowest BCUT2D eigenvalue weighted by Gasteiger charge is -2.02. The normalized spacial score (nSPS) is 10.6. The first-order valence-corrected chi connectivity index (χ1v) is 6.45. The molecule has 0 aliphatic rings. The minimum Gasteiger partial charge on any atom is -0.396 e. The number of carbonyl (C=O) groups is 1. The average molecular weight is 255 g/mol. The van der Waals surface area contributed by atoms with Crippen LogP contribution in [0.5, 0.6) is 0 Å². The van der Waals surface area contributed by atoms with Gasteiger partial charge in [0.05, 0.1) is 0 Å². The van der Waals surface area contributed by atoms with E-state index in [4.69, 9.17) is 9.63 Å². The molecule has 0 saturated heterocycles. The minimum absolute atomic E-state index is 0.00301. The van der Waals surface area contributed by atoms with Gasteiger partial charge < -0.3 is 14.9 Å². The van der Waals surface area contributed by atoms with E-state index in [2.05, 4.69) is 22.4 Å². The lowest BCUT2D eigenvalue weighted by Crippen LogP contribution is -2.24. The molecule has 0 bridgehead atoms. The fourth-order valence-corrected chi connectivity index (χ4v) is 1.51. The fourth-order valence-electron chi connectivity index (χ4n) is 1.51. The van der Waals surface area contributed by atoms with E-state index in [1.54, 1.807) is 0 Å². The van der Waals surface area contributed by atoms with E-state index in [0.29, 0.717) is 38.1 Å². The molecule has 0 aliphatic heterocycles. The molecule has 2 N–H and O–H groups in total. The number of aromatic nitrogens is 2. The second-order valence-electron chi connectivity index (χ2n) is 4.14. The number of aliphatic hydroxyl groups excluding tert-OH is 1. The first kappa shape index (κ1) is 14.6. The number of hydrogen-bond acceptors (Lipinski definition) is 5. The van der Waals surface area contributed by atoms with Crippen LogP contribution >= 0.6 is 0 Å². The first-order valence-electron chi connectivity index (χ1n) is 6.45. The standard InChI is InChI=1S/C12H21N3O3/c1-2-5-10-14-12(18-15-10)7-3-6-11(17)13-8-4-9-16/h16H,2-9H2,1H3,(H,13,17). The number of nitrogens with one attached hydrogen (secondary N) is 1. The van der Waals surface area contributed by atoms with Gasteiger partial charge in [-0.15, -0.1) is 0 Å². The number of nitrogens with zero attached hydrogens (tertiary/aromatic N) is 2. The smallest absolute Gasteiger partial charge is 0.226 e. The molecule has 0 spiro atoms. The zero-order valence-corrected chi connectivity index (χ0v) is 10.8. The van der Waals surface area contributed by atoms with E-state index in [1.807, 2.05) is 0 Å². The molecule has 18 heavy (non-hydrogen) atoms. The van der Waals surface area contributed by atoms with Gasteiger partial charge in [0.2, 0.25) is 11.8 Å². The van der Waals surface area contributed by atoms with Crippen LogP contribution in [0.15, 0.2) is 4.52 Å². The molecule has 0 unspecified atom stereocenters. The fraction of sp³-hybridized carbons (Fsp3) is 0.750. The van der Waals surface area contributed by atoms with Crippen LogP contribution in [-0.4, -0.2) is 34.3 Å². The summed E-state index contributed by atoms with van der Waals surface area (Å²) < 4.78 is 5.07. The number of hydrogen-bond donors (Lipinski definition) is 2. The van der Waals surface area contributed by atoms with E-state index < -0.39 is 0 Å². The third-order valence-electron chi connectivity index (χ3n) is 2.44. The van der Waals surface area contributed by atoms with Gasteiger partial charge in [0, 0.05) is 32.4 Å². The Morgan fingerprint density at radius 2 is 2.22 bits per heavy atom. The molecule has 0 saturated carbocycles. The molecule has 1 amide bonds. The maximum absolute atomic E-state index is 11.4. The van der Waals surface area contributed by atoms with Crippen LogP contribution in [0.3, 0.4) is 0 Å². The van der Waals surface area contributed by atoms with Gasteiger partial charge in [-0.05, 0) is 19.3 Å². The van der Waals surface area contributed by atoms with Gasteiger partial charge in [-0.2, -0.15) is 4.98 Å². The molecule has 0 atom stereocenters. The highest BCUT2D eigenvalue weighted by Crippen LogP contribution is 2.04. The lowest BCUT2D eigenvalue weighted by atomic mass is 10.2. The molecule has 1 heterocycles. The van der Waals surface area contributed by atoms with Crippen LogP contribution in [0.1, 0.15) is 44.3 Å². The van der Waals surface area contributed by atoms with Gasteiger partial charge in [0.15, 0.2) is 5.82 Å². The predicted molar refractivity (Wildman–Crippen MR) is 65.9 cm³/mol. The highest BCUT2D eigenvalue weighted by molar-refractivity contribution is 5.75. The van der Waals surface area contributed by atoms with Gasteiger partial charge >= 0.3 is 0 Å². The summed E-state index contributed by atoms with van der Waals surface area (Å²) in [5.74, 6) is 1.33. The van der Waals surface area contributed by atoms with Gasteiger partial charge in [0.25, 0.3) is 0 Å². The van der Waals surface area contributed by atoms with Crippen LogP contribution in [0.25, 0.3) is 0 Å². The van der Waals surface area contributed by atoms with Gasteiger partial charge in [-0.25, -0.2) is 0 Å². The van der Waals surface area contributed by atoms with Crippen molar-refractivity contribution in [2.24, 2.45) is 0 Å². The third kappa shape index (κ3) is 5.77.